The van der Waals surface area contributed by atoms with E-state index in [2.05, 4.69) is 55.2 Å². The van der Waals surface area contributed by atoms with E-state index < -0.39 is 0 Å². The van der Waals surface area contributed by atoms with Crippen LogP contribution in [0, 0.1) is 6.92 Å². The number of fused-ring (bicyclic) bond motifs is 1. The maximum Gasteiger partial charge on any atom is 0.156 e. The summed E-state index contributed by atoms with van der Waals surface area (Å²) in [6.45, 7) is 5.09. The number of hydrogen-bond acceptors (Lipinski definition) is 4. The Morgan fingerprint density at radius 2 is 2.11 bits per heavy atom. The van der Waals surface area contributed by atoms with E-state index in [0.29, 0.717) is 5.92 Å². The van der Waals surface area contributed by atoms with Crippen LogP contribution in [-0.4, -0.2) is 42.9 Å². The summed E-state index contributed by atoms with van der Waals surface area (Å²) in [5.41, 5.74) is 4.60. The Labute approximate surface area is 164 Å². The molecule has 28 heavy (non-hydrogen) atoms. The highest BCUT2D eigenvalue weighted by Crippen LogP contribution is 2.29. The number of imidazole rings is 1. The van der Waals surface area contributed by atoms with Crippen molar-refractivity contribution in [1.29, 1.82) is 0 Å². The zero-order valence-electron chi connectivity index (χ0n) is 16.0. The molecule has 0 aliphatic carbocycles. The van der Waals surface area contributed by atoms with Crippen molar-refractivity contribution in [3.8, 4) is 11.5 Å². The summed E-state index contributed by atoms with van der Waals surface area (Å²) in [6.07, 6.45) is 7.96. The molecule has 2 N–H and O–H groups in total. The van der Waals surface area contributed by atoms with Gasteiger partial charge in [0.05, 0.1) is 0 Å². The molecule has 1 atom stereocenters. The third-order valence-corrected chi connectivity index (χ3v) is 5.60. The molecule has 1 saturated heterocycles. The summed E-state index contributed by atoms with van der Waals surface area (Å²) in [5, 5.41) is 1.32. The first-order valence-corrected chi connectivity index (χ1v) is 9.89. The van der Waals surface area contributed by atoms with Gasteiger partial charge in [0, 0.05) is 54.2 Å². The molecule has 0 radical (unpaired) electrons. The Kier molecular flexibility index (Phi) is 4.41. The minimum absolute atomic E-state index is 0.426. The first kappa shape index (κ1) is 17.1. The van der Waals surface area contributed by atoms with E-state index in [9.17, 15) is 0 Å². The first-order valence-electron chi connectivity index (χ1n) is 9.89. The maximum atomic E-state index is 4.77. The minimum atomic E-state index is 0.426. The monoisotopic (exact) mass is 372 g/mol. The first-order chi connectivity index (χ1) is 13.8. The second kappa shape index (κ2) is 7.20. The van der Waals surface area contributed by atoms with E-state index in [1.807, 2.05) is 19.3 Å². The molecular weight excluding hydrogens is 348 g/mol. The van der Waals surface area contributed by atoms with E-state index in [1.165, 1.54) is 29.3 Å². The Morgan fingerprint density at radius 3 is 3.00 bits per heavy atom. The molecule has 6 nitrogen and oxygen atoms in total. The number of aromatic nitrogens is 5. The topological polar surface area (TPSA) is 73.5 Å². The highest BCUT2D eigenvalue weighted by molar-refractivity contribution is 5.82. The van der Waals surface area contributed by atoms with Gasteiger partial charge in [-0.25, -0.2) is 15.0 Å². The van der Waals surface area contributed by atoms with Gasteiger partial charge in [-0.2, -0.15) is 0 Å². The fourth-order valence-electron chi connectivity index (χ4n) is 4.30. The number of benzene rings is 1. The molecule has 0 unspecified atom stereocenters. The number of aryl methyl sites for hydroxylation is 1. The molecule has 1 aromatic carbocycles. The molecule has 0 saturated carbocycles. The minimum Gasteiger partial charge on any atom is -0.361 e. The van der Waals surface area contributed by atoms with Crippen molar-refractivity contribution in [2.24, 2.45) is 0 Å². The highest BCUT2D eigenvalue weighted by atomic mass is 15.1. The smallest absolute Gasteiger partial charge is 0.156 e. The molecule has 6 heteroatoms. The van der Waals surface area contributed by atoms with Crippen LogP contribution >= 0.6 is 0 Å². The number of nitrogens with one attached hydrogen (secondary N) is 2. The average Bonchev–Trinajstić information content (AvgIpc) is 3.40. The van der Waals surface area contributed by atoms with Gasteiger partial charge in [0.25, 0.3) is 0 Å². The second-order valence-corrected chi connectivity index (χ2v) is 7.59. The molecular formula is C22H24N6. The summed E-state index contributed by atoms with van der Waals surface area (Å²) in [4.78, 5) is 22.7. The molecule has 4 heterocycles. The molecule has 0 amide bonds. The van der Waals surface area contributed by atoms with E-state index in [-0.39, 0.29) is 0 Å². The van der Waals surface area contributed by atoms with E-state index >= 15 is 0 Å². The summed E-state index contributed by atoms with van der Waals surface area (Å²) < 4.78 is 0. The number of rotatable bonds is 4. The summed E-state index contributed by atoms with van der Waals surface area (Å²) in [5.74, 6) is 2.03. The van der Waals surface area contributed by atoms with Gasteiger partial charge in [-0.15, -0.1) is 0 Å². The number of hydrogen-bond donors (Lipinski definition) is 2. The molecule has 5 rings (SSSR count). The second-order valence-electron chi connectivity index (χ2n) is 7.59. The molecule has 4 aromatic rings. The van der Waals surface area contributed by atoms with Crippen molar-refractivity contribution >= 4 is 10.9 Å². The maximum absolute atomic E-state index is 4.77. The van der Waals surface area contributed by atoms with Crippen molar-refractivity contribution < 1.29 is 0 Å². The van der Waals surface area contributed by atoms with E-state index in [0.717, 1.165) is 42.7 Å². The average molecular weight is 372 g/mol. The normalized spacial score (nSPS) is 18.0. The highest BCUT2D eigenvalue weighted by Gasteiger charge is 2.24. The SMILES string of the molecule is Cc1nc(-c2ncc[nH]2)cc([C@@H]2CCCN(Cc3cccc4[nH]ccc34)C2)n1. The van der Waals surface area contributed by atoms with Crippen molar-refractivity contribution in [3.05, 3.63) is 66.0 Å². The predicted octanol–water partition coefficient (Wildman–Crippen LogP) is 4.04. The van der Waals surface area contributed by atoms with Crippen LogP contribution in [0.1, 0.15) is 35.8 Å². The van der Waals surface area contributed by atoms with Gasteiger partial charge in [-0.1, -0.05) is 12.1 Å². The van der Waals surface area contributed by atoms with Crippen LogP contribution < -0.4 is 0 Å². The van der Waals surface area contributed by atoms with Crippen molar-refractivity contribution in [3.63, 3.8) is 0 Å². The van der Waals surface area contributed by atoms with Crippen molar-refractivity contribution in [2.75, 3.05) is 13.1 Å². The lowest BCUT2D eigenvalue weighted by atomic mass is 9.93. The van der Waals surface area contributed by atoms with Crippen LogP contribution in [-0.2, 0) is 6.54 Å². The zero-order chi connectivity index (χ0) is 18.9. The zero-order valence-corrected chi connectivity index (χ0v) is 16.0. The quantitative estimate of drug-likeness (QED) is 0.567. The molecule has 0 bridgehead atoms. The van der Waals surface area contributed by atoms with Crippen LogP contribution in [0.3, 0.4) is 0 Å². The van der Waals surface area contributed by atoms with Crippen LogP contribution in [0.4, 0.5) is 0 Å². The van der Waals surface area contributed by atoms with Crippen LogP contribution in [0.15, 0.2) is 48.9 Å². The number of likely N-dealkylation sites (tertiary alicyclic amines) is 1. The molecule has 1 aliphatic rings. The van der Waals surface area contributed by atoms with Gasteiger partial charge in [0.2, 0.25) is 0 Å². The van der Waals surface area contributed by atoms with Gasteiger partial charge in [-0.05, 0) is 50.1 Å². The predicted molar refractivity (Wildman–Crippen MR) is 110 cm³/mol. The molecule has 1 fully saturated rings. The number of piperidine rings is 1. The van der Waals surface area contributed by atoms with Gasteiger partial charge >= 0.3 is 0 Å². The summed E-state index contributed by atoms with van der Waals surface area (Å²) in [6, 6.07) is 10.8. The number of aromatic amines is 2. The molecule has 142 valence electrons. The lowest BCUT2D eigenvalue weighted by molar-refractivity contribution is 0.199. The Hall–Kier alpha value is -2.99. The Morgan fingerprint density at radius 1 is 1.14 bits per heavy atom. The number of nitrogens with zero attached hydrogens (tertiary/aromatic N) is 4. The van der Waals surface area contributed by atoms with Crippen molar-refractivity contribution in [1.82, 2.24) is 29.8 Å². The largest absolute Gasteiger partial charge is 0.361 e. The standard InChI is InChI=1S/C22H24N6/c1-15-26-20(12-21(27-15)22-24-9-10-25-22)17-5-3-11-28(14-17)13-16-4-2-6-19-18(16)7-8-23-19/h2,4,6-10,12,17,23H,3,5,11,13-14H2,1H3,(H,24,25)/t17-/m1/s1. The lowest BCUT2D eigenvalue weighted by Gasteiger charge is -2.32. The molecule has 3 aromatic heterocycles. The fraction of sp³-hybridized carbons (Fsp3) is 0.318. The van der Waals surface area contributed by atoms with Gasteiger partial charge in [-0.3, -0.25) is 4.90 Å². The summed E-state index contributed by atoms with van der Waals surface area (Å²) >= 11 is 0. The van der Waals surface area contributed by atoms with Crippen LogP contribution in [0.25, 0.3) is 22.4 Å². The third kappa shape index (κ3) is 3.31. The molecule has 1 aliphatic heterocycles. The van der Waals surface area contributed by atoms with E-state index in [4.69, 9.17) is 4.98 Å². The lowest BCUT2D eigenvalue weighted by Crippen LogP contribution is -2.34. The Bertz CT molecular complexity index is 1080. The van der Waals surface area contributed by atoms with E-state index in [1.54, 1.807) is 6.20 Å². The van der Waals surface area contributed by atoms with Crippen LogP contribution in [0.2, 0.25) is 0 Å². The number of H-pyrrole nitrogens is 2. The summed E-state index contributed by atoms with van der Waals surface area (Å²) in [7, 11) is 0. The van der Waals surface area contributed by atoms with Gasteiger partial charge in [0.1, 0.15) is 11.5 Å². The fourth-order valence-corrected chi connectivity index (χ4v) is 4.30. The van der Waals surface area contributed by atoms with Crippen LogP contribution in [0.5, 0.6) is 0 Å². The Balaban J connectivity index is 1.38. The van der Waals surface area contributed by atoms with Gasteiger partial charge in [0.15, 0.2) is 5.82 Å². The van der Waals surface area contributed by atoms with Crippen molar-refractivity contribution in [2.45, 2.75) is 32.2 Å². The van der Waals surface area contributed by atoms with Gasteiger partial charge < -0.3 is 9.97 Å². The molecule has 0 spiro atoms. The third-order valence-electron chi connectivity index (χ3n) is 5.60.